The quantitative estimate of drug-likeness (QED) is 0.182. The smallest absolute Gasteiger partial charge is 0.357 e. The van der Waals surface area contributed by atoms with Gasteiger partial charge in [-0.2, -0.15) is 0 Å². The maximum atomic E-state index is 13.5. The molecule has 0 unspecified atom stereocenters. The van der Waals surface area contributed by atoms with E-state index >= 15 is 0 Å². The van der Waals surface area contributed by atoms with E-state index in [9.17, 15) is 23.1 Å². The fraction of sp³-hybridized carbons (Fsp3) is 0.115. The molecular weight excluding hydrogens is 617 g/mol. The molecule has 0 fully saturated rings. The van der Waals surface area contributed by atoms with E-state index in [0.717, 1.165) is 19.7 Å². The van der Waals surface area contributed by atoms with Crippen LogP contribution in [0.1, 0.15) is 17.4 Å². The Morgan fingerprint density at radius 2 is 1.82 bits per heavy atom. The number of rotatable bonds is 9. The van der Waals surface area contributed by atoms with Crippen LogP contribution in [0.2, 0.25) is 10.0 Å². The van der Waals surface area contributed by atoms with Crippen molar-refractivity contribution in [3.05, 3.63) is 81.9 Å². The van der Waals surface area contributed by atoms with E-state index in [1.54, 1.807) is 30.5 Å². The number of esters is 1. The lowest BCUT2D eigenvalue weighted by Crippen LogP contribution is -2.35. The average Bonchev–Trinajstić information content (AvgIpc) is 3.65. The second-order valence-electron chi connectivity index (χ2n) is 8.34. The van der Waals surface area contributed by atoms with E-state index in [1.165, 1.54) is 40.9 Å². The van der Waals surface area contributed by atoms with Crippen molar-refractivity contribution < 1.29 is 27.9 Å². The van der Waals surface area contributed by atoms with Crippen molar-refractivity contribution in [1.82, 2.24) is 9.55 Å². The van der Waals surface area contributed by atoms with Crippen LogP contribution in [-0.2, 0) is 19.6 Å². The monoisotopic (exact) mass is 635 g/mol. The molecule has 0 atom stereocenters. The first kappa shape index (κ1) is 28.1. The Morgan fingerprint density at radius 1 is 1.07 bits per heavy atom. The van der Waals surface area contributed by atoms with E-state index in [0.29, 0.717) is 10.4 Å². The molecule has 0 aliphatic rings. The lowest BCUT2D eigenvalue weighted by molar-refractivity contribution is -0.135. The summed E-state index contributed by atoms with van der Waals surface area (Å²) < 4.78 is 34.7. The van der Waals surface area contributed by atoms with Crippen LogP contribution in [0.15, 0.2) is 71.1 Å². The van der Waals surface area contributed by atoms with E-state index in [4.69, 9.17) is 27.9 Å². The number of carboxylic acids is 1. The zero-order valence-electron chi connectivity index (χ0n) is 20.6. The van der Waals surface area contributed by atoms with Crippen LogP contribution in [0, 0.1) is 0 Å². The second kappa shape index (κ2) is 11.2. The highest BCUT2D eigenvalue weighted by atomic mass is 35.5. The van der Waals surface area contributed by atoms with E-state index in [1.807, 2.05) is 29.0 Å². The SMILES string of the molecule is CCOC(=O)c1csc(-c2ccc(-n3ccc4cc(N(CC(=O)O)S(=O)(=O)c5cc(Cl)cc(Cl)c5)ccc43)s2)n1. The lowest BCUT2D eigenvalue weighted by Gasteiger charge is -2.23. The van der Waals surface area contributed by atoms with Crippen LogP contribution in [0.3, 0.4) is 0 Å². The number of carboxylic acid groups (broad SMARTS) is 1. The highest BCUT2D eigenvalue weighted by molar-refractivity contribution is 7.92. The minimum absolute atomic E-state index is 0.110. The lowest BCUT2D eigenvalue weighted by atomic mass is 10.2. The van der Waals surface area contributed by atoms with Gasteiger partial charge in [0.15, 0.2) is 5.69 Å². The van der Waals surface area contributed by atoms with Gasteiger partial charge >= 0.3 is 11.9 Å². The number of aliphatic carboxylic acids is 1. The molecule has 0 aliphatic carbocycles. The summed E-state index contributed by atoms with van der Waals surface area (Å²) in [6, 6.07) is 14.4. The molecular formula is C26H19Cl2N3O6S3. The molecule has 3 heterocycles. The normalized spacial score (nSPS) is 11.6. The predicted molar refractivity (Wildman–Crippen MR) is 157 cm³/mol. The van der Waals surface area contributed by atoms with Gasteiger partial charge in [0.1, 0.15) is 16.6 Å². The standard InChI is InChI=1S/C26H19Cl2N3O6S3/c1-2-37-26(34)20-14-38-25(29-20)22-5-6-23(39-22)30-8-7-15-9-18(3-4-21(15)30)31(13-24(32)33)40(35,36)19-11-16(27)10-17(28)12-19/h3-12,14H,2,13H2,1H3,(H,32,33). The van der Waals surface area contributed by atoms with Gasteiger partial charge < -0.3 is 14.4 Å². The van der Waals surface area contributed by atoms with Crippen LogP contribution < -0.4 is 4.31 Å². The van der Waals surface area contributed by atoms with Crippen molar-refractivity contribution in [2.75, 3.05) is 17.5 Å². The molecule has 5 rings (SSSR count). The van der Waals surface area contributed by atoms with Gasteiger partial charge in [0.2, 0.25) is 0 Å². The molecule has 40 heavy (non-hydrogen) atoms. The second-order valence-corrected chi connectivity index (χ2v) is 13.0. The summed E-state index contributed by atoms with van der Waals surface area (Å²) >= 11 is 14.8. The maximum absolute atomic E-state index is 13.5. The minimum atomic E-state index is -4.30. The molecule has 206 valence electrons. The first-order chi connectivity index (χ1) is 19.1. The van der Waals surface area contributed by atoms with E-state index in [-0.39, 0.29) is 32.9 Å². The van der Waals surface area contributed by atoms with Gasteiger partial charge in [-0.05, 0) is 61.5 Å². The highest BCUT2D eigenvalue weighted by Gasteiger charge is 2.28. The Bertz CT molecular complexity index is 1840. The molecule has 9 nitrogen and oxygen atoms in total. The molecule has 0 saturated carbocycles. The van der Waals surface area contributed by atoms with Crippen molar-refractivity contribution in [3.63, 3.8) is 0 Å². The zero-order chi connectivity index (χ0) is 28.6. The molecule has 0 spiro atoms. The van der Waals surface area contributed by atoms with E-state index in [2.05, 4.69) is 4.98 Å². The fourth-order valence-electron chi connectivity index (χ4n) is 3.98. The molecule has 3 aromatic heterocycles. The fourth-order valence-corrected chi connectivity index (χ4v) is 7.98. The molecule has 0 bridgehead atoms. The van der Waals surface area contributed by atoms with Crippen molar-refractivity contribution in [2.45, 2.75) is 11.8 Å². The van der Waals surface area contributed by atoms with Gasteiger partial charge in [0.25, 0.3) is 10.0 Å². The van der Waals surface area contributed by atoms with Crippen molar-refractivity contribution in [2.24, 2.45) is 0 Å². The molecule has 14 heteroatoms. The van der Waals surface area contributed by atoms with E-state index < -0.39 is 28.5 Å². The van der Waals surface area contributed by atoms with Crippen LogP contribution in [-0.4, -0.2) is 48.2 Å². The third kappa shape index (κ3) is 5.58. The largest absolute Gasteiger partial charge is 0.480 e. The highest BCUT2D eigenvalue weighted by Crippen LogP contribution is 2.36. The summed E-state index contributed by atoms with van der Waals surface area (Å²) in [6.45, 7) is 1.21. The summed E-state index contributed by atoms with van der Waals surface area (Å²) in [5.41, 5.74) is 1.21. The van der Waals surface area contributed by atoms with Gasteiger partial charge in [-0.15, -0.1) is 22.7 Å². The Morgan fingerprint density at radius 3 is 2.52 bits per heavy atom. The third-order valence-corrected chi connectivity index (χ3v) is 9.98. The number of aromatic nitrogens is 2. The number of halogens is 2. The van der Waals surface area contributed by atoms with Crippen molar-refractivity contribution in [1.29, 1.82) is 0 Å². The van der Waals surface area contributed by atoms with Crippen molar-refractivity contribution in [3.8, 4) is 14.9 Å². The number of fused-ring (bicyclic) bond motifs is 1. The first-order valence-electron chi connectivity index (χ1n) is 11.6. The topological polar surface area (TPSA) is 119 Å². The van der Waals surface area contributed by atoms with Gasteiger partial charge in [0, 0.05) is 27.0 Å². The Hall–Kier alpha value is -3.42. The number of thiazole rings is 1. The number of hydrogen-bond donors (Lipinski definition) is 1. The van der Waals surface area contributed by atoms with Gasteiger partial charge in [-0.3, -0.25) is 9.10 Å². The van der Waals surface area contributed by atoms with Gasteiger partial charge in [-0.25, -0.2) is 18.2 Å². The molecule has 2 aromatic carbocycles. The summed E-state index contributed by atoms with van der Waals surface area (Å²) in [5, 5.41) is 13.6. The minimum Gasteiger partial charge on any atom is -0.480 e. The molecule has 1 N–H and O–H groups in total. The molecule has 0 aliphatic heterocycles. The molecule has 5 aromatic rings. The average molecular weight is 637 g/mol. The van der Waals surface area contributed by atoms with Gasteiger partial charge in [-0.1, -0.05) is 23.2 Å². The molecule has 0 saturated heterocycles. The number of sulfonamides is 1. The summed E-state index contributed by atoms with van der Waals surface area (Å²) in [5.74, 6) is -1.79. The summed E-state index contributed by atoms with van der Waals surface area (Å²) in [6.07, 6.45) is 1.84. The van der Waals surface area contributed by atoms with Crippen LogP contribution in [0.25, 0.3) is 25.8 Å². The number of hydrogen-bond acceptors (Lipinski definition) is 8. The summed E-state index contributed by atoms with van der Waals surface area (Å²) in [4.78, 5) is 28.7. The number of nitrogens with zero attached hydrogens (tertiary/aromatic N) is 3. The number of carbonyl (C=O) groups excluding carboxylic acids is 1. The Labute approximate surface area is 246 Å². The number of benzene rings is 2. The maximum Gasteiger partial charge on any atom is 0.357 e. The zero-order valence-corrected chi connectivity index (χ0v) is 24.5. The van der Waals surface area contributed by atoms with Gasteiger partial charge in [0.05, 0.1) is 27.6 Å². The van der Waals surface area contributed by atoms with Crippen LogP contribution in [0.5, 0.6) is 0 Å². The molecule has 0 radical (unpaired) electrons. The number of anilines is 1. The third-order valence-electron chi connectivity index (χ3n) is 5.69. The summed E-state index contributed by atoms with van der Waals surface area (Å²) in [7, 11) is -4.30. The number of ether oxygens (including phenoxy) is 1. The van der Waals surface area contributed by atoms with Crippen LogP contribution >= 0.6 is 45.9 Å². The van der Waals surface area contributed by atoms with Crippen LogP contribution in [0.4, 0.5) is 5.69 Å². The Balaban J connectivity index is 1.48. The van der Waals surface area contributed by atoms with Crippen molar-refractivity contribution >= 4 is 84.4 Å². The molecule has 0 amide bonds. The number of carbonyl (C=O) groups is 2. The Kier molecular flexibility index (Phi) is 7.89. The number of thiophene rings is 1. The predicted octanol–water partition coefficient (Wildman–Crippen LogP) is 6.58. The first-order valence-corrected chi connectivity index (χ1v) is 15.5.